The van der Waals surface area contributed by atoms with Gasteiger partial charge in [0.15, 0.2) is 11.5 Å². The van der Waals surface area contributed by atoms with Gasteiger partial charge in [0.25, 0.3) is 5.70 Å². The minimum atomic E-state index is -0.825. The molecule has 1 heterocycles. The summed E-state index contributed by atoms with van der Waals surface area (Å²) in [5.41, 5.74) is 1.27. The van der Waals surface area contributed by atoms with Crippen molar-refractivity contribution in [3.63, 3.8) is 0 Å². The Hall–Kier alpha value is -2.54. The fourth-order valence-corrected chi connectivity index (χ4v) is 3.16. The smallest absolute Gasteiger partial charge is 0.291 e. The molecule has 0 saturated carbocycles. The van der Waals surface area contributed by atoms with E-state index >= 15 is 0 Å². The van der Waals surface area contributed by atoms with E-state index in [9.17, 15) is 10.1 Å². The average molecular weight is 420 g/mol. The third kappa shape index (κ3) is 3.67. The van der Waals surface area contributed by atoms with E-state index in [2.05, 4.69) is 15.9 Å². The first-order chi connectivity index (χ1) is 12.5. The van der Waals surface area contributed by atoms with Gasteiger partial charge < -0.3 is 14.2 Å². The fourth-order valence-electron chi connectivity index (χ4n) is 2.78. The third-order valence-electron chi connectivity index (χ3n) is 3.87. The quantitative estimate of drug-likeness (QED) is 0.486. The maximum absolute atomic E-state index is 11.6. The number of hydrogen-bond acceptors (Lipinski definition) is 5. The molecule has 7 heteroatoms. The molecule has 0 radical (unpaired) electrons. The minimum Gasteiger partial charge on any atom is -0.490 e. The van der Waals surface area contributed by atoms with E-state index in [1.165, 1.54) is 0 Å². The van der Waals surface area contributed by atoms with E-state index in [4.69, 9.17) is 14.2 Å². The summed E-state index contributed by atoms with van der Waals surface area (Å²) in [6, 6.07) is 10.7. The Morgan fingerprint density at radius 3 is 2.54 bits per heavy atom. The summed E-state index contributed by atoms with van der Waals surface area (Å²) < 4.78 is 18.0. The molecule has 0 saturated heterocycles. The SMILES string of the molecule is CCOc1ccc([C@@H]2Oc3ccc(Br)cc3C=C2[N+](=O)[O-])cc1OCC. The van der Waals surface area contributed by atoms with Crippen LogP contribution in [-0.2, 0) is 0 Å². The normalized spacial score (nSPS) is 15.5. The summed E-state index contributed by atoms with van der Waals surface area (Å²) in [6.07, 6.45) is 0.721. The molecule has 3 rings (SSSR count). The monoisotopic (exact) mass is 419 g/mol. The summed E-state index contributed by atoms with van der Waals surface area (Å²) in [6.45, 7) is 4.72. The van der Waals surface area contributed by atoms with Gasteiger partial charge in [0.1, 0.15) is 5.75 Å². The van der Waals surface area contributed by atoms with Gasteiger partial charge in [0.2, 0.25) is 6.10 Å². The van der Waals surface area contributed by atoms with Crippen LogP contribution < -0.4 is 14.2 Å². The van der Waals surface area contributed by atoms with Crippen molar-refractivity contribution in [1.82, 2.24) is 0 Å². The highest BCUT2D eigenvalue weighted by Crippen LogP contribution is 2.40. The second-order valence-corrected chi connectivity index (χ2v) is 6.49. The molecular formula is C19H18BrNO5. The first-order valence-corrected chi connectivity index (χ1v) is 9.04. The van der Waals surface area contributed by atoms with Crippen molar-refractivity contribution in [2.45, 2.75) is 20.0 Å². The molecular weight excluding hydrogens is 402 g/mol. The summed E-state index contributed by atoms with van der Waals surface area (Å²) in [7, 11) is 0. The van der Waals surface area contributed by atoms with Gasteiger partial charge in [0.05, 0.1) is 18.1 Å². The van der Waals surface area contributed by atoms with Crippen LogP contribution in [0, 0.1) is 10.1 Å². The first-order valence-electron chi connectivity index (χ1n) is 8.25. The molecule has 136 valence electrons. The fraction of sp³-hybridized carbons (Fsp3) is 0.263. The molecule has 0 amide bonds. The van der Waals surface area contributed by atoms with Crippen LogP contribution in [0.2, 0.25) is 0 Å². The lowest BCUT2D eigenvalue weighted by Gasteiger charge is -2.23. The van der Waals surface area contributed by atoms with Crippen molar-refractivity contribution >= 4 is 22.0 Å². The lowest BCUT2D eigenvalue weighted by molar-refractivity contribution is -0.434. The largest absolute Gasteiger partial charge is 0.490 e. The number of nitrogens with zero attached hydrogens (tertiary/aromatic N) is 1. The number of rotatable bonds is 6. The van der Waals surface area contributed by atoms with Gasteiger partial charge in [0, 0.05) is 21.7 Å². The van der Waals surface area contributed by atoms with Crippen LogP contribution in [0.1, 0.15) is 31.1 Å². The molecule has 2 aromatic carbocycles. The van der Waals surface area contributed by atoms with E-state index < -0.39 is 11.0 Å². The molecule has 0 fully saturated rings. The van der Waals surface area contributed by atoms with Gasteiger partial charge in [-0.3, -0.25) is 10.1 Å². The van der Waals surface area contributed by atoms with Crippen molar-refractivity contribution in [3.05, 3.63) is 67.8 Å². The van der Waals surface area contributed by atoms with Crippen LogP contribution in [-0.4, -0.2) is 18.1 Å². The number of benzene rings is 2. The predicted molar refractivity (Wildman–Crippen MR) is 101 cm³/mol. The van der Waals surface area contributed by atoms with Crippen molar-refractivity contribution in [3.8, 4) is 17.2 Å². The second kappa shape index (κ2) is 7.78. The Labute approximate surface area is 159 Å². The molecule has 0 bridgehead atoms. The highest BCUT2D eigenvalue weighted by molar-refractivity contribution is 9.10. The van der Waals surface area contributed by atoms with Crippen molar-refractivity contribution in [2.75, 3.05) is 13.2 Å². The molecule has 0 N–H and O–H groups in total. The summed E-state index contributed by atoms with van der Waals surface area (Å²) in [4.78, 5) is 11.2. The molecule has 26 heavy (non-hydrogen) atoms. The van der Waals surface area contributed by atoms with Crippen LogP contribution in [0.3, 0.4) is 0 Å². The Kier molecular flexibility index (Phi) is 5.46. The molecule has 0 spiro atoms. The Bertz CT molecular complexity index is 865. The number of hydrogen-bond donors (Lipinski definition) is 0. The standard InChI is InChI=1S/C19H18BrNO5/c1-3-24-17-7-5-12(11-18(17)25-4-2)19-15(21(22)23)10-13-9-14(20)6-8-16(13)26-19/h5-11,19H,3-4H2,1-2H3/t19-/m0/s1. The maximum Gasteiger partial charge on any atom is 0.291 e. The van der Waals surface area contributed by atoms with Crippen molar-refractivity contribution in [1.29, 1.82) is 0 Å². The third-order valence-corrected chi connectivity index (χ3v) is 4.36. The van der Waals surface area contributed by atoms with Gasteiger partial charge in [-0.15, -0.1) is 0 Å². The van der Waals surface area contributed by atoms with E-state index in [1.54, 1.807) is 36.4 Å². The van der Waals surface area contributed by atoms with Crippen LogP contribution in [0.5, 0.6) is 17.2 Å². The highest BCUT2D eigenvalue weighted by atomic mass is 79.9. The Morgan fingerprint density at radius 1 is 1.12 bits per heavy atom. The Morgan fingerprint density at radius 2 is 1.85 bits per heavy atom. The second-order valence-electron chi connectivity index (χ2n) is 5.58. The zero-order chi connectivity index (χ0) is 18.7. The zero-order valence-corrected chi connectivity index (χ0v) is 16.0. The Balaban J connectivity index is 2.04. The van der Waals surface area contributed by atoms with Crippen LogP contribution in [0.4, 0.5) is 0 Å². The van der Waals surface area contributed by atoms with Gasteiger partial charge >= 0.3 is 0 Å². The molecule has 1 aliphatic rings. The molecule has 1 atom stereocenters. The highest BCUT2D eigenvalue weighted by Gasteiger charge is 2.33. The zero-order valence-electron chi connectivity index (χ0n) is 14.4. The molecule has 2 aromatic rings. The first kappa shape index (κ1) is 18.3. The van der Waals surface area contributed by atoms with Crippen LogP contribution in [0.15, 0.2) is 46.6 Å². The molecule has 0 unspecified atom stereocenters. The van der Waals surface area contributed by atoms with Gasteiger partial charge in [-0.05, 0) is 44.2 Å². The average Bonchev–Trinajstić information content (AvgIpc) is 2.62. The van der Waals surface area contributed by atoms with Gasteiger partial charge in [-0.25, -0.2) is 0 Å². The topological polar surface area (TPSA) is 70.8 Å². The number of fused-ring (bicyclic) bond motifs is 1. The number of halogens is 1. The number of ether oxygens (including phenoxy) is 3. The summed E-state index contributed by atoms with van der Waals surface area (Å²) in [5, 5.41) is 11.6. The van der Waals surface area contributed by atoms with Crippen LogP contribution >= 0.6 is 15.9 Å². The van der Waals surface area contributed by atoms with Gasteiger partial charge in [-0.1, -0.05) is 22.0 Å². The van der Waals surface area contributed by atoms with E-state index in [1.807, 2.05) is 19.9 Å². The molecule has 0 aromatic heterocycles. The van der Waals surface area contributed by atoms with Crippen molar-refractivity contribution in [2.24, 2.45) is 0 Å². The van der Waals surface area contributed by atoms with Crippen LogP contribution in [0.25, 0.3) is 6.08 Å². The van der Waals surface area contributed by atoms with E-state index in [-0.39, 0.29) is 5.70 Å². The number of nitro groups is 1. The maximum atomic E-state index is 11.6. The lowest BCUT2D eigenvalue weighted by Crippen LogP contribution is -2.20. The van der Waals surface area contributed by atoms with Gasteiger partial charge in [-0.2, -0.15) is 0 Å². The van der Waals surface area contributed by atoms with E-state index in [0.29, 0.717) is 41.6 Å². The van der Waals surface area contributed by atoms with E-state index in [0.717, 1.165) is 4.47 Å². The molecule has 1 aliphatic heterocycles. The summed E-state index contributed by atoms with van der Waals surface area (Å²) >= 11 is 3.37. The lowest BCUT2D eigenvalue weighted by atomic mass is 10.0. The summed E-state index contributed by atoms with van der Waals surface area (Å²) in [5.74, 6) is 1.74. The predicted octanol–water partition coefficient (Wildman–Crippen LogP) is 5.00. The minimum absolute atomic E-state index is 0.0257. The molecule has 6 nitrogen and oxygen atoms in total. The molecule has 0 aliphatic carbocycles. The van der Waals surface area contributed by atoms with Crippen molar-refractivity contribution < 1.29 is 19.1 Å².